The van der Waals surface area contributed by atoms with Crippen molar-refractivity contribution < 1.29 is 64.2 Å². The van der Waals surface area contributed by atoms with E-state index in [0.29, 0.717) is 5.56 Å². The molecule has 0 aromatic heterocycles. The largest absolute Gasteiger partial charge is 0.504 e. The van der Waals surface area contributed by atoms with Gasteiger partial charge >= 0.3 is 5.97 Å². The number of aliphatic hydroxyl groups excluding tert-OH is 4. The summed E-state index contributed by atoms with van der Waals surface area (Å²) in [5.74, 6) is -1.54. The molecule has 0 radical (unpaired) electrons. The fourth-order valence-corrected chi connectivity index (χ4v) is 4.11. The molecule has 2 saturated heterocycles. The van der Waals surface area contributed by atoms with E-state index in [4.69, 9.17) is 23.7 Å². The van der Waals surface area contributed by atoms with Gasteiger partial charge < -0.3 is 59.4 Å². The van der Waals surface area contributed by atoms with Crippen molar-refractivity contribution in [2.24, 2.45) is 0 Å². The summed E-state index contributed by atoms with van der Waals surface area (Å²) in [5, 5.41) is 71.0. The van der Waals surface area contributed by atoms with Gasteiger partial charge in [0.05, 0.1) is 19.8 Å². The molecule has 8 unspecified atom stereocenters. The molecular weight excluding hydrogens is 532 g/mol. The van der Waals surface area contributed by atoms with E-state index in [0.717, 1.165) is 11.6 Å². The zero-order valence-corrected chi connectivity index (χ0v) is 21.2. The van der Waals surface area contributed by atoms with E-state index in [1.54, 1.807) is 12.1 Å². The van der Waals surface area contributed by atoms with E-state index in [-0.39, 0.29) is 18.1 Å². The zero-order chi connectivity index (χ0) is 28.9. The first-order valence-corrected chi connectivity index (χ1v) is 12.4. The van der Waals surface area contributed by atoms with Gasteiger partial charge in [0.25, 0.3) is 0 Å². The van der Waals surface area contributed by atoms with Gasteiger partial charge in [-0.3, -0.25) is 0 Å². The predicted octanol–water partition coefficient (Wildman–Crippen LogP) is -0.857. The second-order valence-corrected chi connectivity index (χ2v) is 9.56. The Morgan fingerprint density at radius 2 is 1.70 bits per heavy atom. The summed E-state index contributed by atoms with van der Waals surface area (Å²) in [6, 6.07) is 13.0. The minimum Gasteiger partial charge on any atom is -0.504 e. The maximum Gasteiger partial charge on any atom is 0.330 e. The zero-order valence-electron chi connectivity index (χ0n) is 21.2. The Balaban J connectivity index is 1.26. The molecule has 2 heterocycles. The first kappa shape index (κ1) is 29.9. The molecule has 0 saturated carbocycles. The number of hydrogen-bond acceptors (Lipinski definition) is 13. The first-order chi connectivity index (χ1) is 19.1. The summed E-state index contributed by atoms with van der Waals surface area (Å²) < 4.78 is 27.0. The molecule has 7 N–H and O–H groups in total. The molecule has 40 heavy (non-hydrogen) atoms. The molecule has 0 aliphatic carbocycles. The molecule has 0 spiro atoms. The second kappa shape index (κ2) is 13.0. The second-order valence-electron chi connectivity index (χ2n) is 9.56. The maximum absolute atomic E-state index is 12.1. The van der Waals surface area contributed by atoms with Crippen molar-refractivity contribution >= 4 is 12.0 Å². The van der Waals surface area contributed by atoms with Gasteiger partial charge in [-0.05, 0) is 29.3 Å². The van der Waals surface area contributed by atoms with E-state index in [9.17, 15) is 40.5 Å². The van der Waals surface area contributed by atoms with E-state index >= 15 is 0 Å². The van der Waals surface area contributed by atoms with Crippen LogP contribution in [-0.4, -0.2) is 110 Å². The summed E-state index contributed by atoms with van der Waals surface area (Å²) in [6.45, 7) is -1.42. The van der Waals surface area contributed by atoms with Crippen LogP contribution in [0.3, 0.4) is 0 Å². The fraction of sp³-hybridized carbons (Fsp3) is 0.444. The summed E-state index contributed by atoms with van der Waals surface area (Å²) in [5.41, 5.74) is -0.806. The lowest BCUT2D eigenvalue weighted by Crippen LogP contribution is -2.59. The van der Waals surface area contributed by atoms with Crippen molar-refractivity contribution in [3.8, 4) is 11.5 Å². The van der Waals surface area contributed by atoms with Crippen LogP contribution in [0.2, 0.25) is 0 Å². The van der Waals surface area contributed by atoms with Crippen LogP contribution in [0.1, 0.15) is 11.1 Å². The summed E-state index contributed by atoms with van der Waals surface area (Å²) in [7, 11) is 0. The number of phenolic OH excluding ortho intramolecular Hbond substituents is 2. The van der Waals surface area contributed by atoms with E-state index in [1.165, 1.54) is 24.3 Å². The molecule has 0 bridgehead atoms. The highest BCUT2D eigenvalue weighted by Gasteiger charge is 2.51. The number of carbonyl (C=O) groups excluding carboxylic acids is 1. The average Bonchev–Trinajstić information content (AvgIpc) is 3.24. The molecule has 13 nitrogen and oxygen atoms in total. The van der Waals surface area contributed by atoms with Crippen LogP contribution in [-0.2, 0) is 35.1 Å². The molecule has 218 valence electrons. The van der Waals surface area contributed by atoms with Crippen molar-refractivity contribution in [3.63, 3.8) is 0 Å². The van der Waals surface area contributed by atoms with Crippen molar-refractivity contribution in [1.29, 1.82) is 0 Å². The molecule has 2 aliphatic heterocycles. The Kier molecular flexibility index (Phi) is 9.73. The molecular formula is C27H32O13. The fourth-order valence-electron chi connectivity index (χ4n) is 4.11. The lowest BCUT2D eigenvalue weighted by Gasteiger charge is -2.40. The molecule has 8 atom stereocenters. The van der Waals surface area contributed by atoms with Gasteiger partial charge in [-0.1, -0.05) is 36.4 Å². The third-order valence-electron chi connectivity index (χ3n) is 6.53. The van der Waals surface area contributed by atoms with Crippen LogP contribution in [0, 0.1) is 0 Å². The minimum absolute atomic E-state index is 0.0712. The SMILES string of the molecule is O=C(C=Cc1ccc(O)c(O)c1)OCC1(O)COC(OCC2OC(OCc3ccccc3)C(O)C(O)C2O)C1O. The van der Waals surface area contributed by atoms with Crippen LogP contribution in [0.4, 0.5) is 0 Å². The number of esters is 1. The molecule has 2 aromatic rings. The molecule has 2 aliphatic rings. The summed E-state index contributed by atoms with van der Waals surface area (Å²) in [6.07, 6.45) is -7.83. The van der Waals surface area contributed by atoms with Gasteiger partial charge in [0, 0.05) is 6.08 Å². The molecule has 0 amide bonds. The number of hydrogen-bond donors (Lipinski definition) is 7. The number of phenols is 2. The van der Waals surface area contributed by atoms with E-state index in [1.807, 2.05) is 18.2 Å². The third kappa shape index (κ3) is 7.14. The number of aromatic hydroxyl groups is 2. The highest BCUT2D eigenvalue weighted by molar-refractivity contribution is 5.87. The Hall–Kier alpha value is -3.11. The Morgan fingerprint density at radius 1 is 0.950 bits per heavy atom. The monoisotopic (exact) mass is 564 g/mol. The molecule has 2 aromatic carbocycles. The van der Waals surface area contributed by atoms with Crippen LogP contribution in [0.15, 0.2) is 54.6 Å². The topological polar surface area (TPSA) is 205 Å². The van der Waals surface area contributed by atoms with Crippen molar-refractivity contribution in [2.45, 2.75) is 55.3 Å². The molecule has 13 heteroatoms. The molecule has 2 fully saturated rings. The van der Waals surface area contributed by atoms with Crippen LogP contribution >= 0.6 is 0 Å². The van der Waals surface area contributed by atoms with Gasteiger partial charge in [-0.15, -0.1) is 0 Å². The number of benzene rings is 2. The average molecular weight is 565 g/mol. The first-order valence-electron chi connectivity index (χ1n) is 12.4. The lowest BCUT2D eigenvalue weighted by molar-refractivity contribution is -0.312. The number of aliphatic hydroxyl groups is 5. The standard InChI is InChI=1S/C27H32O13/c28-17-8-6-15(10-18(17)29)7-9-20(30)38-13-27(35)14-39-26(24(27)34)37-12-19-21(31)22(32)23(33)25(40-19)36-11-16-4-2-1-3-5-16/h1-10,19,21-26,28-29,31-35H,11-14H2. The minimum atomic E-state index is -2.01. The predicted molar refractivity (Wildman–Crippen MR) is 134 cm³/mol. The third-order valence-corrected chi connectivity index (χ3v) is 6.53. The quantitative estimate of drug-likeness (QED) is 0.107. The maximum atomic E-state index is 12.1. The Morgan fingerprint density at radius 3 is 2.42 bits per heavy atom. The number of rotatable bonds is 10. The summed E-state index contributed by atoms with van der Waals surface area (Å²) in [4.78, 5) is 12.1. The van der Waals surface area contributed by atoms with Gasteiger partial charge in [-0.25, -0.2) is 4.79 Å². The van der Waals surface area contributed by atoms with Crippen LogP contribution in [0.25, 0.3) is 6.08 Å². The number of ether oxygens (including phenoxy) is 5. The van der Waals surface area contributed by atoms with Gasteiger partial charge in [-0.2, -0.15) is 0 Å². The van der Waals surface area contributed by atoms with Crippen LogP contribution < -0.4 is 0 Å². The smallest absolute Gasteiger partial charge is 0.330 e. The number of carbonyl (C=O) groups is 1. The van der Waals surface area contributed by atoms with Crippen molar-refractivity contribution in [1.82, 2.24) is 0 Å². The van der Waals surface area contributed by atoms with Crippen molar-refractivity contribution in [2.75, 3.05) is 19.8 Å². The van der Waals surface area contributed by atoms with E-state index in [2.05, 4.69) is 0 Å². The van der Waals surface area contributed by atoms with Crippen LogP contribution in [0.5, 0.6) is 11.5 Å². The Bertz CT molecular complexity index is 1160. The van der Waals surface area contributed by atoms with E-state index < -0.39 is 74.5 Å². The Labute approximate surface area is 229 Å². The lowest BCUT2D eigenvalue weighted by atomic mass is 9.99. The molecule has 4 rings (SSSR count). The highest BCUT2D eigenvalue weighted by Crippen LogP contribution is 2.29. The van der Waals surface area contributed by atoms with Gasteiger partial charge in [0.2, 0.25) is 0 Å². The van der Waals surface area contributed by atoms with Gasteiger partial charge in [0.1, 0.15) is 37.1 Å². The van der Waals surface area contributed by atoms with Gasteiger partial charge in [0.15, 0.2) is 29.7 Å². The van der Waals surface area contributed by atoms with Crippen molar-refractivity contribution in [3.05, 3.63) is 65.7 Å². The summed E-state index contributed by atoms with van der Waals surface area (Å²) >= 11 is 0. The normalized spacial score (nSPS) is 32.4. The highest BCUT2D eigenvalue weighted by atomic mass is 16.7.